The predicted molar refractivity (Wildman–Crippen MR) is 116 cm³/mol. The standard InChI is InChI=1S/C25H27F3O3/c1-4-5-9-23(24-13-12-22(16-19(24)3)31-25(26,27)28)18(2)10-11-20-7-6-8-21(17-20)30-15-14-29/h4-8,12-14,16-17H,9-11,15H2,1-3H3/b5-4-,23-18-. The van der Waals surface area contributed by atoms with Crippen LogP contribution < -0.4 is 9.47 Å². The van der Waals surface area contributed by atoms with Crippen molar-refractivity contribution in [2.45, 2.75) is 46.4 Å². The number of carbonyl (C=O) groups is 1. The first-order valence-corrected chi connectivity index (χ1v) is 10.1. The summed E-state index contributed by atoms with van der Waals surface area (Å²) < 4.78 is 46.9. The van der Waals surface area contributed by atoms with Crippen LogP contribution in [0.5, 0.6) is 11.5 Å². The minimum Gasteiger partial charge on any atom is -0.486 e. The quantitative estimate of drug-likeness (QED) is 0.304. The van der Waals surface area contributed by atoms with Crippen molar-refractivity contribution in [3.05, 3.63) is 76.9 Å². The van der Waals surface area contributed by atoms with Gasteiger partial charge in [0, 0.05) is 0 Å². The molecule has 2 aromatic rings. The summed E-state index contributed by atoms with van der Waals surface area (Å²) in [5.74, 6) is 0.431. The second-order valence-corrected chi connectivity index (χ2v) is 7.18. The molecule has 0 saturated heterocycles. The van der Waals surface area contributed by atoms with Crippen LogP contribution in [0.4, 0.5) is 13.2 Å². The van der Waals surface area contributed by atoms with Crippen molar-refractivity contribution in [1.29, 1.82) is 0 Å². The number of aldehydes is 1. The molecule has 2 aromatic carbocycles. The van der Waals surface area contributed by atoms with Crippen LogP contribution in [0, 0.1) is 6.92 Å². The Hall–Kier alpha value is -3.02. The third kappa shape index (κ3) is 7.96. The summed E-state index contributed by atoms with van der Waals surface area (Å²) in [5.41, 5.74) is 4.96. The van der Waals surface area contributed by atoms with Crippen LogP contribution in [-0.4, -0.2) is 19.3 Å². The largest absolute Gasteiger partial charge is 0.573 e. The van der Waals surface area contributed by atoms with Crippen LogP contribution in [0.2, 0.25) is 0 Å². The number of hydrogen-bond acceptors (Lipinski definition) is 3. The number of benzene rings is 2. The molecule has 3 nitrogen and oxygen atoms in total. The van der Waals surface area contributed by atoms with Gasteiger partial charge in [-0.1, -0.05) is 35.9 Å². The maximum Gasteiger partial charge on any atom is 0.573 e. The molecule has 0 spiro atoms. The summed E-state index contributed by atoms with van der Waals surface area (Å²) in [6.45, 7) is 5.79. The number of allylic oxidation sites excluding steroid dienone is 4. The number of rotatable bonds is 10. The van der Waals surface area contributed by atoms with Gasteiger partial charge >= 0.3 is 6.36 Å². The number of hydrogen-bond donors (Lipinski definition) is 0. The molecule has 0 radical (unpaired) electrons. The molecule has 0 heterocycles. The summed E-state index contributed by atoms with van der Waals surface area (Å²) in [7, 11) is 0. The van der Waals surface area contributed by atoms with Gasteiger partial charge in [0.1, 0.15) is 18.1 Å². The Morgan fingerprint density at radius 1 is 1.10 bits per heavy atom. The molecule has 0 saturated carbocycles. The molecule has 0 fully saturated rings. The van der Waals surface area contributed by atoms with E-state index in [2.05, 4.69) is 4.74 Å². The molecule has 0 aliphatic carbocycles. The zero-order valence-electron chi connectivity index (χ0n) is 18.0. The first-order chi connectivity index (χ1) is 14.7. The van der Waals surface area contributed by atoms with Gasteiger partial charge in [0.05, 0.1) is 0 Å². The van der Waals surface area contributed by atoms with Gasteiger partial charge in [-0.2, -0.15) is 0 Å². The fraction of sp³-hybridized carbons (Fsp3) is 0.320. The van der Waals surface area contributed by atoms with E-state index in [1.165, 1.54) is 12.1 Å². The zero-order valence-corrected chi connectivity index (χ0v) is 18.0. The Morgan fingerprint density at radius 3 is 2.52 bits per heavy atom. The molecule has 2 rings (SSSR count). The first-order valence-electron chi connectivity index (χ1n) is 10.1. The fourth-order valence-corrected chi connectivity index (χ4v) is 3.33. The van der Waals surface area contributed by atoms with E-state index in [0.717, 1.165) is 40.7 Å². The molecular formula is C25H27F3O3. The van der Waals surface area contributed by atoms with E-state index in [1.807, 2.05) is 44.2 Å². The summed E-state index contributed by atoms with van der Waals surface area (Å²) >= 11 is 0. The average molecular weight is 432 g/mol. The lowest BCUT2D eigenvalue weighted by Gasteiger charge is -2.16. The molecule has 0 atom stereocenters. The number of carbonyl (C=O) groups excluding carboxylic acids is 1. The van der Waals surface area contributed by atoms with Crippen LogP contribution in [0.3, 0.4) is 0 Å². The van der Waals surface area contributed by atoms with E-state index in [0.29, 0.717) is 18.5 Å². The molecule has 6 heteroatoms. The molecule has 0 amide bonds. The zero-order chi connectivity index (χ0) is 22.9. The maximum atomic E-state index is 12.5. The van der Waals surface area contributed by atoms with E-state index >= 15 is 0 Å². The van der Waals surface area contributed by atoms with Gasteiger partial charge in [-0.05, 0) is 86.6 Å². The normalized spacial score (nSPS) is 12.6. The van der Waals surface area contributed by atoms with E-state index in [-0.39, 0.29) is 12.4 Å². The van der Waals surface area contributed by atoms with E-state index in [9.17, 15) is 18.0 Å². The lowest BCUT2D eigenvalue weighted by molar-refractivity contribution is -0.274. The van der Waals surface area contributed by atoms with Crippen molar-refractivity contribution in [2.24, 2.45) is 0 Å². The van der Waals surface area contributed by atoms with Crippen LogP contribution in [0.1, 0.15) is 43.4 Å². The van der Waals surface area contributed by atoms with Gasteiger partial charge in [0.25, 0.3) is 0 Å². The van der Waals surface area contributed by atoms with Gasteiger partial charge in [0.15, 0.2) is 6.29 Å². The first kappa shape index (κ1) is 24.3. The van der Waals surface area contributed by atoms with Gasteiger partial charge in [-0.25, -0.2) is 0 Å². The number of halogens is 3. The maximum absolute atomic E-state index is 12.5. The highest BCUT2D eigenvalue weighted by Gasteiger charge is 2.31. The Morgan fingerprint density at radius 2 is 1.87 bits per heavy atom. The molecule has 31 heavy (non-hydrogen) atoms. The van der Waals surface area contributed by atoms with Crippen molar-refractivity contribution >= 4 is 11.9 Å². The molecular weight excluding hydrogens is 405 g/mol. The lowest BCUT2D eigenvalue weighted by Crippen LogP contribution is -2.17. The van der Waals surface area contributed by atoms with Crippen molar-refractivity contribution in [3.8, 4) is 11.5 Å². The Kier molecular flexibility index (Phi) is 8.91. The van der Waals surface area contributed by atoms with Gasteiger partial charge in [-0.15, -0.1) is 13.2 Å². The van der Waals surface area contributed by atoms with Gasteiger partial charge in [-0.3, -0.25) is 4.79 Å². The Bertz CT molecular complexity index is 943. The lowest BCUT2D eigenvalue weighted by atomic mass is 9.91. The monoisotopic (exact) mass is 432 g/mol. The van der Waals surface area contributed by atoms with Gasteiger partial charge < -0.3 is 9.47 Å². The van der Waals surface area contributed by atoms with Crippen LogP contribution in [-0.2, 0) is 11.2 Å². The third-order valence-corrected chi connectivity index (χ3v) is 4.83. The molecule has 0 aliphatic rings. The number of aryl methyl sites for hydroxylation is 2. The molecule has 0 aliphatic heterocycles. The Balaban J connectivity index is 2.25. The molecule has 166 valence electrons. The van der Waals surface area contributed by atoms with Crippen molar-refractivity contribution in [3.63, 3.8) is 0 Å². The highest BCUT2D eigenvalue weighted by atomic mass is 19.4. The molecule has 0 aromatic heterocycles. The molecule has 0 bridgehead atoms. The number of alkyl halides is 3. The summed E-state index contributed by atoms with van der Waals surface area (Å²) in [6, 6.07) is 12.1. The van der Waals surface area contributed by atoms with Crippen molar-refractivity contribution in [2.75, 3.05) is 6.61 Å². The second-order valence-electron chi connectivity index (χ2n) is 7.18. The minimum atomic E-state index is -4.71. The Labute approximate surface area is 181 Å². The SMILES string of the molecule is C/C=C\C/C(=C(\C)CCc1cccc(OCC=O)c1)c1ccc(OC(F)(F)F)cc1C. The van der Waals surface area contributed by atoms with E-state index in [1.54, 1.807) is 19.1 Å². The summed E-state index contributed by atoms with van der Waals surface area (Å²) in [6.07, 6.45) is 2.23. The van der Waals surface area contributed by atoms with Crippen LogP contribution in [0.15, 0.2) is 60.2 Å². The highest BCUT2D eigenvalue weighted by Crippen LogP contribution is 2.32. The predicted octanol–water partition coefficient (Wildman–Crippen LogP) is 6.84. The highest BCUT2D eigenvalue weighted by molar-refractivity contribution is 5.72. The third-order valence-electron chi connectivity index (χ3n) is 4.83. The summed E-state index contributed by atoms with van der Waals surface area (Å²) in [5, 5.41) is 0. The average Bonchev–Trinajstić information content (AvgIpc) is 2.71. The van der Waals surface area contributed by atoms with Crippen LogP contribution in [0.25, 0.3) is 5.57 Å². The molecule has 0 N–H and O–H groups in total. The van der Waals surface area contributed by atoms with E-state index < -0.39 is 6.36 Å². The van der Waals surface area contributed by atoms with E-state index in [4.69, 9.17) is 4.74 Å². The van der Waals surface area contributed by atoms with Crippen molar-refractivity contribution < 1.29 is 27.4 Å². The van der Waals surface area contributed by atoms with Gasteiger partial charge in [0.2, 0.25) is 0 Å². The van der Waals surface area contributed by atoms with Crippen LogP contribution >= 0.6 is 0 Å². The summed E-state index contributed by atoms with van der Waals surface area (Å²) in [4.78, 5) is 10.5. The topological polar surface area (TPSA) is 35.5 Å². The smallest absolute Gasteiger partial charge is 0.486 e. The minimum absolute atomic E-state index is 0.0171. The van der Waals surface area contributed by atoms with Crippen molar-refractivity contribution in [1.82, 2.24) is 0 Å². The fourth-order valence-electron chi connectivity index (χ4n) is 3.33. The molecule has 0 unspecified atom stereocenters. The second kappa shape index (κ2) is 11.4. The number of ether oxygens (including phenoxy) is 2.